The van der Waals surface area contributed by atoms with Gasteiger partial charge in [-0.15, -0.1) is 0 Å². The van der Waals surface area contributed by atoms with Crippen molar-refractivity contribution in [3.63, 3.8) is 0 Å². The molecule has 1 aliphatic heterocycles. The largest absolute Gasteiger partial charge is 0.504 e. The van der Waals surface area contributed by atoms with Gasteiger partial charge in [-0.3, -0.25) is 9.69 Å². The Morgan fingerprint density at radius 3 is 2.57 bits per heavy atom. The number of rotatable bonds is 4. The van der Waals surface area contributed by atoms with E-state index in [0.29, 0.717) is 17.1 Å². The van der Waals surface area contributed by atoms with Gasteiger partial charge in [0.05, 0.1) is 20.3 Å². The van der Waals surface area contributed by atoms with Gasteiger partial charge in [0.25, 0.3) is 5.91 Å². The number of β-lactam (4-membered cyclic amide) rings is 1. The minimum atomic E-state index is -0.314. The van der Waals surface area contributed by atoms with Gasteiger partial charge >= 0.3 is 0 Å². The number of phenolic OH excluding ortho intramolecular Hbond substituents is 1. The number of hydrogen-bond donors (Lipinski definition) is 1. The van der Waals surface area contributed by atoms with Crippen molar-refractivity contribution in [2.45, 2.75) is 6.04 Å². The quantitative estimate of drug-likeness (QED) is 0.696. The standard InChI is InChI=1S/C18H17NO4/c1-11-17(12-7-8-16(23-3)15(20)9-12)19(18(11)21)13-5-4-6-14(10-13)22-2/h4-10,17,20H,1H2,2-3H3. The Morgan fingerprint density at radius 2 is 1.91 bits per heavy atom. The van der Waals surface area contributed by atoms with Gasteiger partial charge < -0.3 is 14.6 Å². The molecule has 5 heteroatoms. The van der Waals surface area contributed by atoms with Gasteiger partial charge in [-0.05, 0) is 29.8 Å². The molecule has 1 saturated heterocycles. The summed E-state index contributed by atoms with van der Waals surface area (Å²) >= 11 is 0. The molecule has 1 N–H and O–H groups in total. The molecule has 0 spiro atoms. The van der Waals surface area contributed by atoms with Crippen molar-refractivity contribution in [3.8, 4) is 17.2 Å². The van der Waals surface area contributed by atoms with Gasteiger partial charge in [-0.1, -0.05) is 18.7 Å². The molecule has 5 nitrogen and oxygen atoms in total. The Labute approximate surface area is 134 Å². The summed E-state index contributed by atoms with van der Waals surface area (Å²) in [7, 11) is 3.07. The fraction of sp³-hybridized carbons (Fsp3) is 0.167. The van der Waals surface area contributed by atoms with Gasteiger partial charge in [0.15, 0.2) is 11.5 Å². The molecule has 1 atom stereocenters. The first kappa shape index (κ1) is 15.0. The number of amides is 1. The highest BCUT2D eigenvalue weighted by atomic mass is 16.5. The maximum atomic E-state index is 12.3. The van der Waals surface area contributed by atoms with Crippen LogP contribution in [0.15, 0.2) is 54.6 Å². The average molecular weight is 311 g/mol. The highest BCUT2D eigenvalue weighted by molar-refractivity contribution is 6.15. The lowest BCUT2D eigenvalue weighted by Crippen LogP contribution is -2.48. The van der Waals surface area contributed by atoms with Crippen LogP contribution in [0.2, 0.25) is 0 Å². The average Bonchev–Trinajstić information content (AvgIpc) is 2.58. The van der Waals surface area contributed by atoms with Crippen LogP contribution in [0.3, 0.4) is 0 Å². The van der Waals surface area contributed by atoms with Crippen LogP contribution in [0.4, 0.5) is 5.69 Å². The zero-order chi connectivity index (χ0) is 16.6. The number of phenols is 1. The Balaban J connectivity index is 1.98. The highest BCUT2D eigenvalue weighted by Gasteiger charge is 2.42. The Kier molecular flexibility index (Phi) is 3.70. The predicted octanol–water partition coefficient (Wildman–Crippen LogP) is 3.05. The Bertz CT molecular complexity index is 784. The van der Waals surface area contributed by atoms with E-state index in [1.54, 1.807) is 30.2 Å². The minimum absolute atomic E-state index is 0.0303. The van der Waals surface area contributed by atoms with E-state index in [4.69, 9.17) is 9.47 Å². The Morgan fingerprint density at radius 1 is 1.13 bits per heavy atom. The molecule has 0 aromatic heterocycles. The van der Waals surface area contributed by atoms with E-state index in [0.717, 1.165) is 11.3 Å². The second-order valence-electron chi connectivity index (χ2n) is 5.24. The number of methoxy groups -OCH3 is 2. The molecule has 3 rings (SSSR count). The van der Waals surface area contributed by atoms with Crippen LogP contribution in [0.5, 0.6) is 17.2 Å². The van der Waals surface area contributed by atoms with Crippen molar-refractivity contribution in [3.05, 3.63) is 60.2 Å². The molecule has 2 aromatic rings. The van der Waals surface area contributed by atoms with Gasteiger partial charge in [0, 0.05) is 17.3 Å². The normalized spacial score (nSPS) is 17.0. The topological polar surface area (TPSA) is 59.0 Å². The van der Waals surface area contributed by atoms with E-state index >= 15 is 0 Å². The summed E-state index contributed by atoms with van der Waals surface area (Å²) in [6, 6.07) is 12.0. The third kappa shape index (κ3) is 2.40. The summed E-state index contributed by atoms with van der Waals surface area (Å²) < 4.78 is 10.3. The maximum Gasteiger partial charge on any atom is 0.256 e. The molecule has 1 aliphatic rings. The minimum Gasteiger partial charge on any atom is -0.504 e. The monoisotopic (exact) mass is 311 g/mol. The van der Waals surface area contributed by atoms with Crippen LogP contribution in [0.1, 0.15) is 11.6 Å². The molecule has 1 heterocycles. The van der Waals surface area contributed by atoms with Crippen LogP contribution in [0.25, 0.3) is 0 Å². The zero-order valence-corrected chi connectivity index (χ0v) is 12.9. The number of carbonyl (C=O) groups excluding carboxylic acids is 1. The number of aromatic hydroxyl groups is 1. The lowest BCUT2D eigenvalue weighted by molar-refractivity contribution is -0.118. The van der Waals surface area contributed by atoms with Crippen molar-refractivity contribution in [1.82, 2.24) is 0 Å². The van der Waals surface area contributed by atoms with Crippen molar-refractivity contribution < 1.29 is 19.4 Å². The second-order valence-corrected chi connectivity index (χ2v) is 5.24. The van der Waals surface area contributed by atoms with E-state index < -0.39 is 0 Å². The van der Waals surface area contributed by atoms with E-state index in [1.807, 2.05) is 24.3 Å². The summed E-state index contributed by atoms with van der Waals surface area (Å²) in [4.78, 5) is 13.9. The van der Waals surface area contributed by atoms with Crippen molar-refractivity contribution in [1.29, 1.82) is 0 Å². The van der Waals surface area contributed by atoms with Gasteiger partial charge in [0.1, 0.15) is 5.75 Å². The summed E-state index contributed by atoms with van der Waals surface area (Å²) in [6.45, 7) is 3.85. The fourth-order valence-corrected chi connectivity index (χ4v) is 2.73. The summed E-state index contributed by atoms with van der Waals surface area (Å²) in [5.41, 5.74) is 1.98. The van der Waals surface area contributed by atoms with Crippen LogP contribution in [-0.2, 0) is 4.79 Å². The Hall–Kier alpha value is -2.95. The van der Waals surface area contributed by atoms with Crippen molar-refractivity contribution in [2.24, 2.45) is 0 Å². The molecule has 0 aliphatic carbocycles. The van der Waals surface area contributed by atoms with Crippen LogP contribution in [-0.4, -0.2) is 25.2 Å². The SMILES string of the molecule is C=C1C(=O)N(c2cccc(OC)c2)C1c1ccc(OC)c(O)c1. The van der Waals surface area contributed by atoms with Crippen molar-refractivity contribution in [2.75, 3.05) is 19.1 Å². The lowest BCUT2D eigenvalue weighted by atomic mass is 9.88. The lowest BCUT2D eigenvalue weighted by Gasteiger charge is -2.42. The van der Waals surface area contributed by atoms with Crippen LogP contribution in [0, 0.1) is 0 Å². The molecular weight excluding hydrogens is 294 g/mol. The highest BCUT2D eigenvalue weighted by Crippen LogP contribution is 2.44. The molecule has 23 heavy (non-hydrogen) atoms. The third-order valence-electron chi connectivity index (χ3n) is 3.93. The summed E-state index contributed by atoms with van der Waals surface area (Å²) in [6.07, 6.45) is 0. The van der Waals surface area contributed by atoms with Crippen LogP contribution < -0.4 is 14.4 Å². The molecule has 0 bridgehead atoms. The van der Waals surface area contributed by atoms with Gasteiger partial charge in [0.2, 0.25) is 0 Å². The van der Waals surface area contributed by atoms with Gasteiger partial charge in [-0.25, -0.2) is 0 Å². The van der Waals surface area contributed by atoms with Crippen LogP contribution >= 0.6 is 0 Å². The number of hydrogen-bond acceptors (Lipinski definition) is 4. The molecule has 118 valence electrons. The molecule has 1 amide bonds. The fourth-order valence-electron chi connectivity index (χ4n) is 2.73. The summed E-state index contributed by atoms with van der Waals surface area (Å²) in [5.74, 6) is 0.948. The number of ether oxygens (including phenoxy) is 2. The third-order valence-corrected chi connectivity index (χ3v) is 3.93. The first-order chi connectivity index (χ1) is 11.1. The smallest absolute Gasteiger partial charge is 0.256 e. The first-order valence-corrected chi connectivity index (χ1v) is 7.10. The van der Waals surface area contributed by atoms with E-state index in [9.17, 15) is 9.90 Å². The molecule has 1 unspecified atom stereocenters. The number of anilines is 1. The molecule has 0 radical (unpaired) electrons. The molecule has 0 saturated carbocycles. The van der Waals surface area contributed by atoms with E-state index in [2.05, 4.69) is 6.58 Å². The number of benzene rings is 2. The number of nitrogens with zero attached hydrogens (tertiary/aromatic N) is 1. The second kappa shape index (κ2) is 5.68. The zero-order valence-electron chi connectivity index (χ0n) is 12.9. The number of carbonyl (C=O) groups is 1. The molecule has 2 aromatic carbocycles. The van der Waals surface area contributed by atoms with E-state index in [-0.39, 0.29) is 17.7 Å². The maximum absolute atomic E-state index is 12.3. The molecular formula is C18H17NO4. The van der Waals surface area contributed by atoms with Crippen molar-refractivity contribution >= 4 is 11.6 Å². The predicted molar refractivity (Wildman–Crippen MR) is 87.0 cm³/mol. The van der Waals surface area contributed by atoms with Gasteiger partial charge in [-0.2, -0.15) is 0 Å². The summed E-state index contributed by atoms with van der Waals surface area (Å²) in [5, 5.41) is 9.97. The molecule has 1 fully saturated rings. The van der Waals surface area contributed by atoms with E-state index in [1.165, 1.54) is 7.11 Å². The first-order valence-electron chi connectivity index (χ1n) is 7.10.